The molecule has 1 aromatic heterocycles. The van der Waals surface area contributed by atoms with E-state index < -0.39 is 0 Å². The smallest absolute Gasteiger partial charge is 0.138 e. The topological polar surface area (TPSA) is 52.0 Å². The highest BCUT2D eigenvalue weighted by atomic mass is 16.5. The Bertz CT molecular complexity index is 317. The first kappa shape index (κ1) is 15.1. The van der Waals surface area contributed by atoms with Crippen molar-refractivity contribution in [2.24, 2.45) is 0 Å². The normalized spacial score (nSPS) is 13.2. The maximum Gasteiger partial charge on any atom is 0.138 e. The molecule has 0 aliphatic carbocycles. The van der Waals surface area contributed by atoms with Crippen molar-refractivity contribution < 1.29 is 4.74 Å². The zero-order valence-electron chi connectivity index (χ0n) is 12.0. The fourth-order valence-corrected chi connectivity index (χ4v) is 1.87. The van der Waals surface area contributed by atoms with Crippen molar-refractivity contribution in [3.05, 3.63) is 12.2 Å². The van der Waals surface area contributed by atoms with Crippen molar-refractivity contribution in [3.63, 3.8) is 0 Å². The van der Waals surface area contributed by atoms with E-state index in [9.17, 15) is 0 Å². The van der Waals surface area contributed by atoms with Crippen molar-refractivity contribution >= 4 is 0 Å². The van der Waals surface area contributed by atoms with E-state index in [-0.39, 0.29) is 0 Å². The first-order chi connectivity index (χ1) is 8.69. The van der Waals surface area contributed by atoms with E-state index in [4.69, 9.17) is 4.74 Å². The Labute approximate surface area is 110 Å². The fourth-order valence-electron chi connectivity index (χ4n) is 1.87. The van der Waals surface area contributed by atoms with Crippen LogP contribution in [0.5, 0.6) is 0 Å². The molecular weight excluding hydrogens is 228 g/mol. The van der Waals surface area contributed by atoms with Crippen molar-refractivity contribution in [2.45, 2.75) is 52.6 Å². The van der Waals surface area contributed by atoms with Gasteiger partial charge in [0.15, 0.2) is 0 Å². The first-order valence-corrected chi connectivity index (χ1v) is 6.88. The minimum atomic E-state index is 0.312. The molecule has 0 aromatic carbocycles. The van der Waals surface area contributed by atoms with Gasteiger partial charge in [0.2, 0.25) is 0 Å². The van der Waals surface area contributed by atoms with Crippen LogP contribution in [0.1, 0.15) is 46.0 Å². The average molecular weight is 254 g/mol. The monoisotopic (exact) mass is 254 g/mol. The van der Waals surface area contributed by atoms with Gasteiger partial charge < -0.3 is 10.1 Å². The van der Waals surface area contributed by atoms with Crippen molar-refractivity contribution in [1.29, 1.82) is 0 Å². The lowest BCUT2D eigenvalue weighted by Gasteiger charge is -2.19. The lowest BCUT2D eigenvalue weighted by Crippen LogP contribution is -2.37. The summed E-state index contributed by atoms with van der Waals surface area (Å²) in [5.74, 6) is 1.03. The lowest BCUT2D eigenvalue weighted by atomic mass is 10.2. The summed E-state index contributed by atoms with van der Waals surface area (Å²) in [6.45, 7) is 10.9. The third-order valence-electron chi connectivity index (χ3n) is 2.77. The molecule has 0 aliphatic rings. The maximum atomic E-state index is 5.52. The molecule has 0 bridgehead atoms. The zero-order chi connectivity index (χ0) is 13.4. The summed E-state index contributed by atoms with van der Waals surface area (Å²) in [5.41, 5.74) is 0. The van der Waals surface area contributed by atoms with E-state index in [1.54, 1.807) is 6.33 Å². The van der Waals surface area contributed by atoms with Gasteiger partial charge in [-0.1, -0.05) is 6.92 Å². The summed E-state index contributed by atoms with van der Waals surface area (Å²) in [4.78, 5) is 4.35. The van der Waals surface area contributed by atoms with Crippen LogP contribution in [0, 0.1) is 0 Å². The highest BCUT2D eigenvalue weighted by Crippen LogP contribution is 2.07. The molecule has 18 heavy (non-hydrogen) atoms. The van der Waals surface area contributed by atoms with E-state index in [2.05, 4.69) is 36.2 Å². The molecule has 1 atom stereocenters. The van der Waals surface area contributed by atoms with Crippen LogP contribution in [0.15, 0.2) is 6.33 Å². The van der Waals surface area contributed by atoms with Crippen molar-refractivity contribution in [1.82, 2.24) is 20.1 Å². The quantitative estimate of drug-likeness (QED) is 0.730. The summed E-state index contributed by atoms with van der Waals surface area (Å²) >= 11 is 0. The molecule has 1 unspecified atom stereocenters. The predicted molar refractivity (Wildman–Crippen MR) is 72.7 cm³/mol. The minimum absolute atomic E-state index is 0.312. The SMILES string of the molecule is CCCNC(COCC)Cc1ncnn1C(C)C. The molecular formula is C13H26N4O. The molecule has 0 radical (unpaired) electrons. The van der Waals surface area contributed by atoms with E-state index in [1.807, 2.05) is 11.6 Å². The summed E-state index contributed by atoms with van der Waals surface area (Å²) in [6, 6.07) is 0.660. The van der Waals surface area contributed by atoms with Crippen LogP contribution in [-0.2, 0) is 11.2 Å². The van der Waals surface area contributed by atoms with Gasteiger partial charge in [-0.15, -0.1) is 0 Å². The van der Waals surface area contributed by atoms with E-state index in [1.165, 1.54) is 0 Å². The molecule has 1 N–H and O–H groups in total. The van der Waals surface area contributed by atoms with Gasteiger partial charge in [0.05, 0.1) is 6.61 Å². The van der Waals surface area contributed by atoms with Gasteiger partial charge in [-0.2, -0.15) is 5.10 Å². The number of aromatic nitrogens is 3. The third kappa shape index (κ3) is 4.74. The summed E-state index contributed by atoms with van der Waals surface area (Å²) in [7, 11) is 0. The summed E-state index contributed by atoms with van der Waals surface area (Å²) in [6.07, 6.45) is 3.62. The molecule has 1 rings (SSSR count). The molecule has 104 valence electrons. The van der Waals surface area contributed by atoms with Crippen LogP contribution in [0.2, 0.25) is 0 Å². The van der Waals surface area contributed by atoms with Gasteiger partial charge in [0, 0.05) is 25.1 Å². The van der Waals surface area contributed by atoms with E-state index in [0.717, 1.165) is 38.4 Å². The minimum Gasteiger partial charge on any atom is -0.380 e. The number of ether oxygens (including phenoxy) is 1. The maximum absolute atomic E-state index is 5.52. The molecule has 1 heterocycles. The molecule has 0 saturated heterocycles. The highest BCUT2D eigenvalue weighted by molar-refractivity contribution is 4.91. The summed E-state index contributed by atoms with van der Waals surface area (Å²) in [5, 5.41) is 7.77. The number of rotatable bonds is 9. The van der Waals surface area contributed by atoms with Crippen LogP contribution in [0.4, 0.5) is 0 Å². The lowest BCUT2D eigenvalue weighted by molar-refractivity contribution is 0.121. The number of hydrogen-bond donors (Lipinski definition) is 1. The molecule has 0 aliphatic heterocycles. The van der Waals surface area contributed by atoms with E-state index >= 15 is 0 Å². The number of hydrogen-bond acceptors (Lipinski definition) is 4. The highest BCUT2D eigenvalue weighted by Gasteiger charge is 2.14. The van der Waals surface area contributed by atoms with E-state index in [0.29, 0.717) is 12.1 Å². The van der Waals surface area contributed by atoms with Crippen molar-refractivity contribution in [2.75, 3.05) is 19.8 Å². The molecule has 0 saturated carbocycles. The Kier molecular flexibility index (Phi) is 6.90. The van der Waals surface area contributed by atoms with Gasteiger partial charge in [0.25, 0.3) is 0 Å². The second-order valence-electron chi connectivity index (χ2n) is 4.73. The molecule has 0 spiro atoms. The van der Waals surface area contributed by atoms with Gasteiger partial charge >= 0.3 is 0 Å². The standard InChI is InChI=1S/C13H26N4O/c1-5-7-14-12(9-18-6-2)8-13-15-10-16-17(13)11(3)4/h10-12,14H,5-9H2,1-4H3. The largest absolute Gasteiger partial charge is 0.380 e. The van der Waals surface area contributed by atoms with Crippen LogP contribution in [0.25, 0.3) is 0 Å². The van der Waals surface area contributed by atoms with Crippen LogP contribution >= 0.6 is 0 Å². The first-order valence-electron chi connectivity index (χ1n) is 6.88. The molecule has 0 fully saturated rings. The Hall–Kier alpha value is -0.940. The third-order valence-corrected chi connectivity index (χ3v) is 2.77. The van der Waals surface area contributed by atoms with Gasteiger partial charge in [-0.3, -0.25) is 0 Å². The van der Waals surface area contributed by atoms with Gasteiger partial charge in [0.1, 0.15) is 12.2 Å². The van der Waals surface area contributed by atoms with Crippen LogP contribution < -0.4 is 5.32 Å². The Morgan fingerprint density at radius 2 is 2.17 bits per heavy atom. The predicted octanol–water partition coefficient (Wildman–Crippen LogP) is 1.81. The molecule has 0 amide bonds. The second-order valence-corrected chi connectivity index (χ2v) is 4.73. The summed E-state index contributed by atoms with van der Waals surface area (Å²) < 4.78 is 7.50. The van der Waals surface area contributed by atoms with Crippen LogP contribution in [0.3, 0.4) is 0 Å². The molecule has 1 aromatic rings. The zero-order valence-corrected chi connectivity index (χ0v) is 12.0. The molecule has 5 heteroatoms. The van der Waals surface area contributed by atoms with Crippen LogP contribution in [-0.4, -0.2) is 40.6 Å². The average Bonchev–Trinajstić information content (AvgIpc) is 2.80. The Balaban J connectivity index is 2.59. The van der Waals surface area contributed by atoms with Gasteiger partial charge in [-0.25, -0.2) is 9.67 Å². The number of nitrogens with zero attached hydrogens (tertiary/aromatic N) is 3. The second kappa shape index (κ2) is 8.21. The molecule has 5 nitrogen and oxygen atoms in total. The van der Waals surface area contributed by atoms with Gasteiger partial charge in [-0.05, 0) is 33.7 Å². The number of nitrogens with one attached hydrogen (secondary N) is 1. The fraction of sp³-hybridized carbons (Fsp3) is 0.846. The Morgan fingerprint density at radius 3 is 2.78 bits per heavy atom. The van der Waals surface area contributed by atoms with Crippen molar-refractivity contribution in [3.8, 4) is 0 Å². The Morgan fingerprint density at radius 1 is 1.39 bits per heavy atom.